The van der Waals surface area contributed by atoms with Crippen molar-refractivity contribution in [2.24, 2.45) is 0 Å². The van der Waals surface area contributed by atoms with Crippen LogP contribution in [0.4, 0.5) is 0 Å². The highest BCUT2D eigenvalue weighted by molar-refractivity contribution is 7.56. The van der Waals surface area contributed by atoms with Crippen LogP contribution in [0.15, 0.2) is 36.4 Å². The van der Waals surface area contributed by atoms with E-state index in [1.54, 1.807) is 0 Å². The third kappa shape index (κ3) is 4.05. The number of benzene rings is 2. The average Bonchev–Trinajstić information content (AvgIpc) is 2.47. The first kappa shape index (κ1) is 18.7. The van der Waals surface area contributed by atoms with Gasteiger partial charge in [0.15, 0.2) is 6.29 Å². The summed E-state index contributed by atoms with van der Waals surface area (Å²) in [6.07, 6.45) is 0.887. The second-order valence-corrected chi connectivity index (χ2v) is 9.58. The van der Waals surface area contributed by atoms with Crippen molar-refractivity contribution in [2.75, 3.05) is 0 Å². The van der Waals surface area contributed by atoms with Gasteiger partial charge in [-0.3, -0.25) is 4.79 Å². The quantitative estimate of drug-likeness (QED) is 0.662. The zero-order valence-corrected chi connectivity index (χ0v) is 16.4. The Hall–Kier alpha value is -1.66. The van der Waals surface area contributed by atoms with Crippen LogP contribution in [0.2, 0.25) is 0 Å². The summed E-state index contributed by atoms with van der Waals surface area (Å²) in [5.74, 6) is 0.356. The summed E-state index contributed by atoms with van der Waals surface area (Å²) in [7, 11) is 0.251. The Morgan fingerprint density at radius 3 is 2.08 bits per heavy atom. The van der Waals surface area contributed by atoms with Crippen LogP contribution in [-0.4, -0.2) is 11.4 Å². The lowest BCUT2D eigenvalue weighted by Gasteiger charge is -2.27. The van der Waals surface area contributed by atoms with E-state index in [-0.39, 0.29) is 19.4 Å². The zero-order valence-electron chi connectivity index (χ0n) is 15.4. The molecule has 0 heterocycles. The van der Waals surface area contributed by atoms with Crippen molar-refractivity contribution in [3.63, 3.8) is 0 Å². The van der Waals surface area contributed by atoms with Crippen LogP contribution < -0.4 is 10.6 Å². The molecule has 0 saturated carbocycles. The molecule has 0 bridgehead atoms. The lowest BCUT2D eigenvalue weighted by Crippen LogP contribution is -2.21. The summed E-state index contributed by atoms with van der Waals surface area (Å²) in [6.45, 7) is 12.9. The average molecular weight is 342 g/mol. The molecular weight excluding hydrogens is 315 g/mol. The minimum atomic E-state index is -0.144. The fraction of sp³-hybridized carbons (Fsp3) is 0.381. The molecule has 1 atom stereocenters. The number of aldehydes is 1. The first-order valence-electron chi connectivity index (χ1n) is 8.23. The summed E-state index contributed by atoms with van der Waals surface area (Å²) in [5.41, 5.74) is 2.71. The molecule has 128 valence electrons. The molecule has 2 aromatic rings. The van der Waals surface area contributed by atoms with Crippen LogP contribution in [0, 0.1) is 0 Å². The van der Waals surface area contributed by atoms with Crippen molar-refractivity contribution in [1.29, 1.82) is 0 Å². The Labute approximate surface area is 147 Å². The summed E-state index contributed by atoms with van der Waals surface area (Å²) >= 11 is 0. The Morgan fingerprint density at radius 1 is 0.917 bits per heavy atom. The molecule has 0 radical (unpaired) electrons. The van der Waals surface area contributed by atoms with Gasteiger partial charge in [0.1, 0.15) is 5.75 Å². The van der Waals surface area contributed by atoms with Gasteiger partial charge >= 0.3 is 0 Å². The third-order valence-electron chi connectivity index (χ3n) is 4.14. The van der Waals surface area contributed by atoms with Gasteiger partial charge < -0.3 is 5.11 Å². The predicted molar refractivity (Wildman–Crippen MR) is 105 cm³/mol. The SMILES string of the molecule is CC(C)(C)c1cc(Pc2ccccc2C=O)c(O)c(C(C)(C)C)c1. The number of phenols is 1. The molecule has 0 aliphatic heterocycles. The Bertz CT molecular complexity index is 749. The number of aromatic hydroxyl groups is 1. The molecule has 0 spiro atoms. The Kier molecular flexibility index (Phi) is 5.20. The lowest BCUT2D eigenvalue weighted by molar-refractivity contribution is 0.112. The van der Waals surface area contributed by atoms with Gasteiger partial charge in [-0.05, 0) is 27.8 Å². The van der Waals surface area contributed by atoms with E-state index in [1.807, 2.05) is 24.3 Å². The summed E-state index contributed by atoms with van der Waals surface area (Å²) in [5, 5.41) is 12.7. The fourth-order valence-corrected chi connectivity index (χ4v) is 3.83. The van der Waals surface area contributed by atoms with E-state index in [4.69, 9.17) is 0 Å². The molecule has 0 amide bonds. The normalized spacial score (nSPS) is 12.8. The number of phenolic OH excluding ortho intramolecular Hbond substituents is 1. The van der Waals surface area contributed by atoms with Gasteiger partial charge in [0, 0.05) is 16.4 Å². The highest BCUT2D eigenvalue weighted by Crippen LogP contribution is 2.36. The van der Waals surface area contributed by atoms with E-state index in [1.165, 1.54) is 5.56 Å². The number of carbonyl (C=O) groups is 1. The van der Waals surface area contributed by atoms with Crippen LogP contribution in [-0.2, 0) is 10.8 Å². The molecule has 0 aliphatic carbocycles. The molecule has 2 nitrogen and oxygen atoms in total. The number of carbonyl (C=O) groups excluding carboxylic acids is 1. The van der Waals surface area contributed by atoms with Gasteiger partial charge in [0.2, 0.25) is 0 Å². The minimum absolute atomic E-state index is 0.00287. The van der Waals surface area contributed by atoms with E-state index < -0.39 is 0 Å². The van der Waals surface area contributed by atoms with Crippen LogP contribution in [0.5, 0.6) is 5.75 Å². The van der Waals surface area contributed by atoms with E-state index in [2.05, 4.69) is 53.7 Å². The van der Waals surface area contributed by atoms with Gasteiger partial charge in [0.05, 0.1) is 0 Å². The molecular formula is C21H27O2P. The molecule has 0 aliphatic rings. The third-order valence-corrected chi connectivity index (χ3v) is 5.52. The molecule has 3 heteroatoms. The molecule has 0 aromatic heterocycles. The Morgan fingerprint density at radius 2 is 1.54 bits per heavy atom. The van der Waals surface area contributed by atoms with E-state index in [0.717, 1.165) is 22.5 Å². The number of rotatable bonds is 3. The van der Waals surface area contributed by atoms with Gasteiger partial charge in [0.25, 0.3) is 0 Å². The van der Waals surface area contributed by atoms with Crippen molar-refractivity contribution in [3.05, 3.63) is 53.1 Å². The van der Waals surface area contributed by atoms with Crippen molar-refractivity contribution < 1.29 is 9.90 Å². The monoisotopic (exact) mass is 342 g/mol. The van der Waals surface area contributed by atoms with Crippen LogP contribution in [0.25, 0.3) is 0 Å². The van der Waals surface area contributed by atoms with Crippen molar-refractivity contribution in [2.45, 2.75) is 52.4 Å². The second-order valence-electron chi connectivity index (χ2n) is 8.25. The lowest BCUT2D eigenvalue weighted by atomic mass is 9.80. The van der Waals surface area contributed by atoms with Gasteiger partial charge in [-0.15, -0.1) is 0 Å². The zero-order chi connectivity index (χ0) is 18.1. The first-order chi connectivity index (χ1) is 11.0. The van der Waals surface area contributed by atoms with Gasteiger partial charge in [-0.25, -0.2) is 0 Å². The predicted octanol–water partition coefficient (Wildman–Crippen LogP) is 4.43. The molecule has 2 aromatic carbocycles. The topological polar surface area (TPSA) is 37.3 Å². The van der Waals surface area contributed by atoms with Crippen LogP contribution in [0.3, 0.4) is 0 Å². The smallest absolute Gasteiger partial charge is 0.150 e. The van der Waals surface area contributed by atoms with E-state index in [9.17, 15) is 9.90 Å². The van der Waals surface area contributed by atoms with Crippen LogP contribution >= 0.6 is 8.58 Å². The fourth-order valence-electron chi connectivity index (χ4n) is 2.59. The molecule has 24 heavy (non-hydrogen) atoms. The van der Waals surface area contributed by atoms with Crippen molar-refractivity contribution in [3.8, 4) is 5.75 Å². The van der Waals surface area contributed by atoms with Gasteiger partial charge in [-0.2, -0.15) is 0 Å². The van der Waals surface area contributed by atoms with E-state index in [0.29, 0.717) is 11.3 Å². The number of hydrogen-bond acceptors (Lipinski definition) is 2. The first-order valence-corrected chi connectivity index (χ1v) is 9.23. The highest BCUT2D eigenvalue weighted by Gasteiger charge is 2.25. The van der Waals surface area contributed by atoms with E-state index >= 15 is 0 Å². The second kappa shape index (κ2) is 6.69. The largest absolute Gasteiger partial charge is 0.507 e. The molecule has 0 saturated heterocycles. The summed E-state index contributed by atoms with van der Waals surface area (Å²) in [4.78, 5) is 11.3. The van der Waals surface area contributed by atoms with Crippen LogP contribution in [0.1, 0.15) is 63.0 Å². The summed E-state index contributed by atoms with van der Waals surface area (Å²) in [6, 6.07) is 11.8. The number of hydrogen-bond donors (Lipinski definition) is 1. The van der Waals surface area contributed by atoms with Crippen molar-refractivity contribution >= 4 is 25.5 Å². The molecule has 1 N–H and O–H groups in total. The minimum Gasteiger partial charge on any atom is -0.507 e. The highest BCUT2D eigenvalue weighted by atomic mass is 31.1. The Balaban J connectivity index is 2.62. The summed E-state index contributed by atoms with van der Waals surface area (Å²) < 4.78 is 0. The molecule has 0 fully saturated rings. The molecule has 1 unspecified atom stereocenters. The standard InChI is InChI=1S/C21H27O2P/c1-20(2,3)15-11-16(21(4,5)6)19(23)18(12-15)24-17-10-8-7-9-14(17)13-22/h7-13,23-24H,1-6H3. The maximum absolute atomic E-state index is 11.3. The maximum atomic E-state index is 11.3. The van der Waals surface area contributed by atoms with Crippen molar-refractivity contribution in [1.82, 2.24) is 0 Å². The van der Waals surface area contributed by atoms with Gasteiger partial charge in [-0.1, -0.05) is 80.5 Å². The molecule has 2 rings (SSSR count). The maximum Gasteiger partial charge on any atom is 0.150 e.